The maximum absolute atomic E-state index is 12.5. The number of nitrogens with one attached hydrogen (secondary N) is 2. The van der Waals surface area contributed by atoms with Crippen molar-refractivity contribution in [1.29, 1.82) is 0 Å². The first-order valence-corrected chi connectivity index (χ1v) is 10.8. The summed E-state index contributed by atoms with van der Waals surface area (Å²) in [6.07, 6.45) is 10.0. The Bertz CT molecular complexity index is 522. The van der Waals surface area contributed by atoms with Gasteiger partial charge in [-0.1, -0.05) is 32.1 Å². The zero-order chi connectivity index (χ0) is 20.4. The molecular formula is C20H36N4O4. The van der Waals surface area contributed by atoms with E-state index in [-0.39, 0.29) is 11.9 Å². The normalized spacial score (nSPS) is 20.0. The van der Waals surface area contributed by atoms with Gasteiger partial charge in [0, 0.05) is 25.6 Å². The van der Waals surface area contributed by atoms with Gasteiger partial charge in [-0.05, 0) is 44.6 Å². The largest absolute Gasteiger partial charge is 0.480 e. The molecule has 0 aromatic rings. The highest BCUT2D eigenvalue weighted by Crippen LogP contribution is 2.28. The van der Waals surface area contributed by atoms with E-state index in [4.69, 9.17) is 5.73 Å². The molecule has 8 heteroatoms. The highest BCUT2D eigenvalue weighted by Gasteiger charge is 2.28. The number of urea groups is 1. The van der Waals surface area contributed by atoms with Crippen molar-refractivity contribution in [3.8, 4) is 0 Å². The molecule has 2 rings (SSSR count). The van der Waals surface area contributed by atoms with Gasteiger partial charge in [-0.15, -0.1) is 0 Å². The first-order valence-electron chi connectivity index (χ1n) is 10.8. The van der Waals surface area contributed by atoms with Crippen molar-refractivity contribution in [2.45, 2.75) is 82.7 Å². The Morgan fingerprint density at radius 3 is 2.50 bits per heavy atom. The molecule has 2 atom stereocenters. The van der Waals surface area contributed by atoms with E-state index in [2.05, 4.69) is 10.6 Å². The van der Waals surface area contributed by atoms with Crippen molar-refractivity contribution in [3.05, 3.63) is 0 Å². The third kappa shape index (κ3) is 7.66. The van der Waals surface area contributed by atoms with Crippen LogP contribution in [0.2, 0.25) is 0 Å². The van der Waals surface area contributed by atoms with Gasteiger partial charge in [0.25, 0.3) is 0 Å². The number of nitrogens with two attached hydrogens (primary N) is 1. The second-order valence-corrected chi connectivity index (χ2v) is 8.17. The molecule has 0 spiro atoms. The van der Waals surface area contributed by atoms with E-state index in [0.29, 0.717) is 38.3 Å². The summed E-state index contributed by atoms with van der Waals surface area (Å²) in [5.74, 6) is -0.344. The first kappa shape index (κ1) is 22.5. The average molecular weight is 397 g/mol. The van der Waals surface area contributed by atoms with Crippen molar-refractivity contribution in [1.82, 2.24) is 15.5 Å². The Kier molecular flexibility index (Phi) is 9.54. The molecule has 1 aliphatic carbocycles. The van der Waals surface area contributed by atoms with E-state index in [0.717, 1.165) is 38.6 Å². The van der Waals surface area contributed by atoms with Crippen molar-refractivity contribution in [2.75, 3.05) is 19.6 Å². The van der Waals surface area contributed by atoms with E-state index in [1.807, 2.05) is 4.90 Å². The molecule has 5 N–H and O–H groups in total. The molecule has 8 nitrogen and oxygen atoms in total. The Balaban J connectivity index is 1.91. The van der Waals surface area contributed by atoms with Crippen LogP contribution >= 0.6 is 0 Å². The van der Waals surface area contributed by atoms with E-state index < -0.39 is 18.0 Å². The maximum atomic E-state index is 12.5. The fourth-order valence-corrected chi connectivity index (χ4v) is 4.30. The van der Waals surface area contributed by atoms with Gasteiger partial charge in [-0.25, -0.2) is 9.59 Å². The van der Waals surface area contributed by atoms with Crippen molar-refractivity contribution in [2.24, 2.45) is 11.7 Å². The van der Waals surface area contributed by atoms with Gasteiger partial charge in [0.05, 0.1) is 0 Å². The molecule has 0 aromatic carbocycles. The summed E-state index contributed by atoms with van der Waals surface area (Å²) in [6, 6.07) is -1.54. The molecule has 1 aliphatic heterocycles. The Labute approximate surface area is 167 Å². The molecule has 1 saturated heterocycles. The molecule has 2 fully saturated rings. The number of likely N-dealkylation sites (tertiary alicyclic amines) is 1. The summed E-state index contributed by atoms with van der Waals surface area (Å²) >= 11 is 0. The van der Waals surface area contributed by atoms with Crippen LogP contribution in [0.4, 0.5) is 4.79 Å². The third-order valence-corrected chi connectivity index (χ3v) is 5.84. The molecular weight excluding hydrogens is 360 g/mol. The van der Waals surface area contributed by atoms with Crippen LogP contribution in [0.15, 0.2) is 0 Å². The predicted octanol–water partition coefficient (Wildman–Crippen LogP) is 1.83. The topological polar surface area (TPSA) is 125 Å². The predicted molar refractivity (Wildman–Crippen MR) is 107 cm³/mol. The highest BCUT2D eigenvalue weighted by atomic mass is 16.4. The number of amides is 3. The standard InChI is InChI=1S/C20H36N4O4/c21-11-5-4-9-17(19(26)27)23-20(28)22-16(13-15-7-2-1-3-8-15)14-24-12-6-10-18(24)25/h15-17H,1-14,21H2,(H,26,27)(H2,22,23,28)/t16-,17?/m1/s1. The van der Waals surface area contributed by atoms with Gasteiger partial charge in [-0.3, -0.25) is 4.79 Å². The summed E-state index contributed by atoms with van der Waals surface area (Å²) in [5, 5.41) is 14.9. The number of carbonyl (C=O) groups is 3. The lowest BCUT2D eigenvalue weighted by molar-refractivity contribution is -0.139. The first-order chi connectivity index (χ1) is 13.5. The van der Waals surface area contributed by atoms with Crippen LogP contribution in [-0.4, -0.2) is 59.6 Å². The van der Waals surface area contributed by atoms with E-state index in [1.54, 1.807) is 0 Å². The smallest absolute Gasteiger partial charge is 0.326 e. The summed E-state index contributed by atoms with van der Waals surface area (Å²) in [5.41, 5.74) is 5.46. The van der Waals surface area contributed by atoms with Crippen LogP contribution < -0.4 is 16.4 Å². The number of unbranched alkanes of at least 4 members (excludes halogenated alkanes) is 1. The van der Waals surface area contributed by atoms with Gasteiger partial charge in [-0.2, -0.15) is 0 Å². The molecule has 160 valence electrons. The van der Waals surface area contributed by atoms with Crippen LogP contribution in [0.1, 0.15) is 70.6 Å². The van der Waals surface area contributed by atoms with Crippen LogP contribution in [0, 0.1) is 5.92 Å². The third-order valence-electron chi connectivity index (χ3n) is 5.84. The summed E-state index contributed by atoms with van der Waals surface area (Å²) in [4.78, 5) is 37.7. The average Bonchev–Trinajstić information content (AvgIpc) is 3.06. The summed E-state index contributed by atoms with van der Waals surface area (Å²) < 4.78 is 0. The minimum Gasteiger partial charge on any atom is -0.480 e. The van der Waals surface area contributed by atoms with Gasteiger partial charge in [0.15, 0.2) is 0 Å². The number of nitrogens with zero attached hydrogens (tertiary/aromatic N) is 1. The highest BCUT2D eigenvalue weighted by molar-refractivity contribution is 5.82. The van der Waals surface area contributed by atoms with Crippen LogP contribution in [0.25, 0.3) is 0 Å². The molecule has 28 heavy (non-hydrogen) atoms. The minimum atomic E-state index is -1.04. The molecule has 1 unspecified atom stereocenters. The summed E-state index contributed by atoms with van der Waals surface area (Å²) in [6.45, 7) is 1.75. The van der Waals surface area contributed by atoms with Crippen LogP contribution in [-0.2, 0) is 9.59 Å². The number of carboxylic acids is 1. The minimum absolute atomic E-state index is 0.140. The maximum Gasteiger partial charge on any atom is 0.326 e. The van der Waals surface area contributed by atoms with Gasteiger partial charge >= 0.3 is 12.0 Å². The lowest BCUT2D eigenvalue weighted by Crippen LogP contribution is -2.52. The number of carbonyl (C=O) groups excluding carboxylic acids is 2. The fraction of sp³-hybridized carbons (Fsp3) is 0.850. The van der Waals surface area contributed by atoms with Crippen molar-refractivity contribution < 1.29 is 19.5 Å². The number of hydrogen-bond donors (Lipinski definition) is 4. The SMILES string of the molecule is NCCCCC(NC(=O)N[C@H](CC1CCCCC1)CN1CCCC1=O)C(=O)O. The second-order valence-electron chi connectivity index (χ2n) is 8.17. The quantitative estimate of drug-likeness (QED) is 0.397. The number of carboxylic acid groups (broad SMARTS) is 1. The van der Waals surface area contributed by atoms with E-state index in [1.165, 1.54) is 19.3 Å². The molecule has 3 amide bonds. The molecule has 1 saturated carbocycles. The number of hydrogen-bond acceptors (Lipinski definition) is 4. The number of aliphatic carboxylic acids is 1. The lowest BCUT2D eigenvalue weighted by atomic mass is 9.84. The Morgan fingerprint density at radius 2 is 1.89 bits per heavy atom. The second kappa shape index (κ2) is 11.9. The molecule has 1 heterocycles. The number of rotatable bonds is 11. The lowest BCUT2D eigenvalue weighted by Gasteiger charge is -2.30. The van der Waals surface area contributed by atoms with Crippen molar-refractivity contribution >= 4 is 17.9 Å². The Morgan fingerprint density at radius 1 is 1.14 bits per heavy atom. The zero-order valence-electron chi connectivity index (χ0n) is 16.8. The zero-order valence-corrected chi connectivity index (χ0v) is 16.8. The molecule has 0 bridgehead atoms. The molecule has 2 aliphatic rings. The molecule has 0 aromatic heterocycles. The molecule has 0 radical (unpaired) electrons. The van der Waals surface area contributed by atoms with Gasteiger partial charge in [0.2, 0.25) is 5.91 Å². The van der Waals surface area contributed by atoms with Gasteiger partial charge < -0.3 is 26.4 Å². The summed E-state index contributed by atoms with van der Waals surface area (Å²) in [7, 11) is 0. The van der Waals surface area contributed by atoms with Crippen LogP contribution in [0.5, 0.6) is 0 Å². The fourth-order valence-electron chi connectivity index (χ4n) is 4.30. The van der Waals surface area contributed by atoms with E-state index >= 15 is 0 Å². The monoisotopic (exact) mass is 396 g/mol. The van der Waals surface area contributed by atoms with Crippen molar-refractivity contribution in [3.63, 3.8) is 0 Å². The van der Waals surface area contributed by atoms with E-state index in [9.17, 15) is 19.5 Å². The van der Waals surface area contributed by atoms with Crippen LogP contribution in [0.3, 0.4) is 0 Å². The van der Waals surface area contributed by atoms with Gasteiger partial charge in [0.1, 0.15) is 6.04 Å². The Hall–Kier alpha value is -1.83.